The summed E-state index contributed by atoms with van der Waals surface area (Å²) in [6.45, 7) is 0. The Morgan fingerprint density at radius 1 is 0.370 bits per heavy atom. The van der Waals surface area contributed by atoms with E-state index in [1.165, 1.54) is 27.2 Å². The van der Waals surface area contributed by atoms with Gasteiger partial charge in [0.1, 0.15) is 0 Å². The summed E-state index contributed by atoms with van der Waals surface area (Å²) in [5.74, 6) is 0.665. The van der Waals surface area contributed by atoms with Crippen LogP contribution in [0.5, 0.6) is 0 Å². The molecule has 0 saturated carbocycles. The summed E-state index contributed by atoms with van der Waals surface area (Å²) < 4.78 is 4.61. The zero-order valence-electron chi connectivity index (χ0n) is 24.8. The zero-order chi connectivity index (χ0) is 30.2. The van der Waals surface area contributed by atoms with Crippen LogP contribution in [0, 0.1) is 0 Å². The van der Waals surface area contributed by atoms with Gasteiger partial charge in [-0.1, -0.05) is 115 Å². The molecule has 0 N–H and O–H groups in total. The van der Waals surface area contributed by atoms with Crippen molar-refractivity contribution < 1.29 is 0 Å². The molecule has 0 saturated heterocycles. The Balaban J connectivity index is 1.29. The first kappa shape index (κ1) is 25.1. The van der Waals surface area contributed by atoms with Crippen LogP contribution in [-0.2, 0) is 0 Å². The van der Waals surface area contributed by atoms with Crippen molar-refractivity contribution in [3.8, 4) is 22.9 Å². The molecule has 0 spiro atoms. The Bertz CT molecular complexity index is 2750. The Morgan fingerprint density at radius 2 is 0.935 bits per heavy atom. The van der Waals surface area contributed by atoms with Crippen molar-refractivity contribution in [2.24, 2.45) is 0 Å². The molecule has 4 heteroatoms. The highest BCUT2D eigenvalue weighted by atomic mass is 15.2. The number of fused-ring (bicyclic) bond motifs is 9. The fraction of sp³-hybridized carbons (Fsp3) is 0. The Kier molecular flexibility index (Phi) is 5.25. The molecule has 4 nitrogen and oxygen atoms in total. The lowest BCUT2D eigenvalue weighted by Gasteiger charge is -2.13. The van der Waals surface area contributed by atoms with Gasteiger partial charge in [0.05, 0.1) is 33.3 Å². The van der Waals surface area contributed by atoms with Crippen LogP contribution in [0.25, 0.3) is 88.2 Å². The normalized spacial score (nSPS) is 11.9. The molecule has 3 aromatic heterocycles. The molecule has 0 aliphatic carbocycles. The fourth-order valence-corrected chi connectivity index (χ4v) is 7.28. The number of nitrogens with zero attached hydrogens (tertiary/aromatic N) is 4. The number of hydrogen-bond donors (Lipinski definition) is 0. The molecule has 0 fully saturated rings. The zero-order valence-corrected chi connectivity index (χ0v) is 24.8. The van der Waals surface area contributed by atoms with E-state index in [9.17, 15) is 0 Å². The second-order valence-corrected chi connectivity index (χ2v) is 11.8. The topological polar surface area (TPSA) is 35.6 Å². The summed E-state index contributed by atoms with van der Waals surface area (Å²) in [4.78, 5) is 10.7. The average Bonchev–Trinajstić information content (AvgIpc) is 3.64. The maximum atomic E-state index is 5.33. The number of rotatable bonds is 3. The maximum absolute atomic E-state index is 5.33. The molecule has 10 aromatic rings. The Hall–Kier alpha value is -6.26. The lowest BCUT2D eigenvalue weighted by atomic mass is 10.0. The minimum atomic E-state index is 0.665. The second kappa shape index (κ2) is 9.62. The molecule has 7 aromatic carbocycles. The van der Waals surface area contributed by atoms with Crippen molar-refractivity contribution >= 4 is 65.3 Å². The molecular weight excluding hydrogens is 560 g/mol. The summed E-state index contributed by atoms with van der Waals surface area (Å²) in [5.41, 5.74) is 8.63. The van der Waals surface area contributed by atoms with E-state index in [1.54, 1.807) is 0 Å². The summed E-state index contributed by atoms with van der Waals surface area (Å²) in [6.07, 6.45) is 0. The van der Waals surface area contributed by atoms with Gasteiger partial charge in [-0.15, -0.1) is 0 Å². The van der Waals surface area contributed by atoms with Crippen LogP contribution in [0.2, 0.25) is 0 Å². The first-order chi connectivity index (χ1) is 22.8. The van der Waals surface area contributed by atoms with Crippen molar-refractivity contribution in [2.45, 2.75) is 0 Å². The molecule has 10 rings (SSSR count). The van der Waals surface area contributed by atoms with Crippen molar-refractivity contribution in [2.75, 3.05) is 0 Å². The first-order valence-electron chi connectivity index (χ1n) is 15.6. The van der Waals surface area contributed by atoms with Gasteiger partial charge in [-0.05, 0) is 47.9 Å². The van der Waals surface area contributed by atoms with E-state index in [-0.39, 0.29) is 0 Å². The molecule has 0 atom stereocenters. The van der Waals surface area contributed by atoms with Gasteiger partial charge < -0.3 is 4.57 Å². The molecule has 214 valence electrons. The van der Waals surface area contributed by atoms with Gasteiger partial charge in [0.2, 0.25) is 5.95 Å². The van der Waals surface area contributed by atoms with E-state index in [4.69, 9.17) is 9.97 Å². The van der Waals surface area contributed by atoms with Crippen LogP contribution in [0.4, 0.5) is 0 Å². The molecule has 0 aliphatic rings. The van der Waals surface area contributed by atoms with E-state index >= 15 is 0 Å². The average molecular weight is 587 g/mol. The van der Waals surface area contributed by atoms with Crippen molar-refractivity contribution in [1.82, 2.24) is 19.1 Å². The molecule has 3 heterocycles. The predicted octanol–water partition coefficient (Wildman–Crippen LogP) is 10.6. The van der Waals surface area contributed by atoms with Crippen LogP contribution < -0.4 is 0 Å². The van der Waals surface area contributed by atoms with Crippen molar-refractivity contribution in [3.63, 3.8) is 0 Å². The van der Waals surface area contributed by atoms with E-state index in [0.717, 1.165) is 55.0 Å². The number of benzene rings is 7. The Morgan fingerprint density at radius 3 is 1.65 bits per heavy atom. The second-order valence-electron chi connectivity index (χ2n) is 11.8. The molecule has 0 unspecified atom stereocenters. The molecule has 0 bridgehead atoms. The number of hydrogen-bond acceptors (Lipinski definition) is 2. The van der Waals surface area contributed by atoms with E-state index in [2.05, 4.69) is 161 Å². The highest BCUT2D eigenvalue weighted by molar-refractivity contribution is 6.13. The summed E-state index contributed by atoms with van der Waals surface area (Å²) >= 11 is 0. The van der Waals surface area contributed by atoms with Gasteiger partial charge >= 0.3 is 0 Å². The van der Waals surface area contributed by atoms with Gasteiger partial charge in [-0.3, -0.25) is 4.57 Å². The number of para-hydroxylation sites is 3. The molecular formula is C42H26N4. The van der Waals surface area contributed by atoms with Crippen molar-refractivity contribution in [1.29, 1.82) is 0 Å². The van der Waals surface area contributed by atoms with Crippen LogP contribution in [0.1, 0.15) is 0 Å². The predicted molar refractivity (Wildman–Crippen MR) is 191 cm³/mol. The van der Waals surface area contributed by atoms with E-state index in [1.807, 2.05) is 6.07 Å². The van der Waals surface area contributed by atoms with Crippen LogP contribution in [0.15, 0.2) is 158 Å². The van der Waals surface area contributed by atoms with E-state index < -0.39 is 0 Å². The third kappa shape index (κ3) is 3.55. The summed E-state index contributed by atoms with van der Waals surface area (Å²) in [5, 5.41) is 8.17. The monoisotopic (exact) mass is 586 g/mol. The lowest BCUT2D eigenvalue weighted by molar-refractivity contribution is 1.01. The van der Waals surface area contributed by atoms with Crippen LogP contribution in [0.3, 0.4) is 0 Å². The highest BCUT2D eigenvalue weighted by Crippen LogP contribution is 2.38. The van der Waals surface area contributed by atoms with Gasteiger partial charge in [0.25, 0.3) is 0 Å². The van der Waals surface area contributed by atoms with Gasteiger partial charge in [0, 0.05) is 43.6 Å². The number of aromatic nitrogens is 4. The molecule has 0 aliphatic heterocycles. The van der Waals surface area contributed by atoms with Gasteiger partial charge in [0.15, 0.2) is 0 Å². The van der Waals surface area contributed by atoms with Gasteiger partial charge in [-0.2, -0.15) is 0 Å². The smallest absolute Gasteiger partial charge is 0.235 e. The highest BCUT2D eigenvalue weighted by Gasteiger charge is 2.19. The van der Waals surface area contributed by atoms with Gasteiger partial charge in [-0.25, -0.2) is 9.97 Å². The third-order valence-electron chi connectivity index (χ3n) is 9.32. The minimum Gasteiger partial charge on any atom is -0.309 e. The fourth-order valence-electron chi connectivity index (χ4n) is 7.28. The lowest BCUT2D eigenvalue weighted by Crippen LogP contribution is -2.04. The molecule has 0 radical (unpaired) electrons. The quantitative estimate of drug-likeness (QED) is 0.193. The minimum absolute atomic E-state index is 0.665. The largest absolute Gasteiger partial charge is 0.309 e. The third-order valence-corrected chi connectivity index (χ3v) is 9.32. The maximum Gasteiger partial charge on any atom is 0.235 e. The van der Waals surface area contributed by atoms with E-state index in [0.29, 0.717) is 5.95 Å². The van der Waals surface area contributed by atoms with Crippen molar-refractivity contribution in [3.05, 3.63) is 158 Å². The SMILES string of the molecule is c1ccc(-c2nc(-n3c4ccccc4c4cc(-n5c6ccccc6c6ccccc65)ccc43)nc3c2ccc2ccccc23)cc1. The van der Waals surface area contributed by atoms with Crippen LogP contribution >= 0.6 is 0 Å². The summed E-state index contributed by atoms with van der Waals surface area (Å²) in [7, 11) is 0. The first-order valence-corrected chi connectivity index (χ1v) is 15.6. The molecule has 0 amide bonds. The van der Waals surface area contributed by atoms with Crippen LogP contribution in [-0.4, -0.2) is 19.1 Å². The summed E-state index contributed by atoms with van der Waals surface area (Å²) in [6, 6.07) is 55.9. The molecule has 46 heavy (non-hydrogen) atoms. The standard InChI is InChI=1S/C42H26N4/c1-2-13-28(14-3-1)40-34-24-22-27-12-4-5-15-30(27)41(34)44-42(43-40)46-38-21-11-8-18-33(38)35-26-29(23-25-39(35)46)45-36-19-9-6-16-31(36)32-17-7-10-20-37(32)45/h1-26H. The Labute approximate surface area is 264 Å².